The number of benzene rings is 1. The second-order valence-corrected chi connectivity index (χ2v) is 8.70. The van der Waals surface area contributed by atoms with Crippen molar-refractivity contribution in [1.29, 1.82) is 0 Å². The Morgan fingerprint density at radius 1 is 1.13 bits per heavy atom. The molecular weight excluding hydrogens is 383 g/mol. The van der Waals surface area contributed by atoms with Gasteiger partial charge in [-0.1, -0.05) is 30.4 Å². The van der Waals surface area contributed by atoms with Crippen LogP contribution < -0.4 is 10.6 Å². The first-order valence-electron chi connectivity index (χ1n) is 10.9. The van der Waals surface area contributed by atoms with Crippen LogP contribution >= 0.6 is 0 Å². The Hall–Kier alpha value is -2.70. The number of nitrogens with zero attached hydrogens (tertiary/aromatic N) is 2. The second kappa shape index (κ2) is 7.52. The molecule has 2 saturated carbocycles. The predicted octanol–water partition coefficient (Wildman–Crippen LogP) is 2.04. The molecule has 0 aromatic heterocycles. The van der Waals surface area contributed by atoms with E-state index in [-0.39, 0.29) is 53.3 Å². The van der Waals surface area contributed by atoms with E-state index in [2.05, 4.69) is 27.8 Å². The van der Waals surface area contributed by atoms with Crippen molar-refractivity contribution in [2.75, 3.05) is 19.6 Å². The Morgan fingerprint density at radius 3 is 2.50 bits per heavy atom. The van der Waals surface area contributed by atoms with Crippen LogP contribution in [0.2, 0.25) is 0 Å². The van der Waals surface area contributed by atoms with E-state index in [1.807, 2.05) is 19.1 Å². The van der Waals surface area contributed by atoms with Crippen LogP contribution in [0.4, 0.5) is 4.39 Å². The third-order valence-electron chi connectivity index (χ3n) is 6.92. The molecule has 6 nitrogen and oxygen atoms in total. The maximum Gasteiger partial charge on any atom is 0.233 e. The molecule has 4 aliphatic rings. The average molecular weight is 410 g/mol. The molecule has 158 valence electrons. The molecule has 2 bridgehead atoms. The number of aliphatic imine (C=N–C) groups is 1. The van der Waals surface area contributed by atoms with Crippen LogP contribution in [0.5, 0.6) is 0 Å². The number of hydrogen-bond acceptors (Lipinski definition) is 3. The smallest absolute Gasteiger partial charge is 0.233 e. The Bertz CT molecular complexity index is 900. The molecule has 5 rings (SSSR count). The summed E-state index contributed by atoms with van der Waals surface area (Å²) in [5.74, 6) is 0.693. The van der Waals surface area contributed by atoms with Crippen molar-refractivity contribution in [3.8, 4) is 0 Å². The van der Waals surface area contributed by atoms with E-state index in [0.717, 1.165) is 18.4 Å². The Morgan fingerprint density at radius 2 is 1.83 bits per heavy atom. The molecule has 0 spiro atoms. The fraction of sp³-hybridized carbons (Fsp3) is 0.522. The van der Waals surface area contributed by atoms with Gasteiger partial charge in [0.25, 0.3) is 0 Å². The van der Waals surface area contributed by atoms with Gasteiger partial charge < -0.3 is 10.6 Å². The van der Waals surface area contributed by atoms with Gasteiger partial charge in [-0.3, -0.25) is 19.5 Å². The van der Waals surface area contributed by atoms with Crippen molar-refractivity contribution < 1.29 is 14.0 Å². The first-order chi connectivity index (χ1) is 14.6. The normalized spacial score (nSPS) is 33.9. The molecule has 0 radical (unpaired) electrons. The quantitative estimate of drug-likeness (QED) is 0.326. The first kappa shape index (κ1) is 19.3. The summed E-state index contributed by atoms with van der Waals surface area (Å²) < 4.78 is 14.0. The SMILES string of the molecule is CCNC(=NCCN1C(=O)C2C3C=CC(C3)C2C1=O)NC1CC1c1ccccc1F. The van der Waals surface area contributed by atoms with Crippen LogP contribution in [0.25, 0.3) is 0 Å². The Labute approximate surface area is 175 Å². The van der Waals surface area contributed by atoms with Crippen LogP contribution in [-0.4, -0.2) is 48.3 Å². The van der Waals surface area contributed by atoms with Gasteiger partial charge >= 0.3 is 0 Å². The number of likely N-dealkylation sites (tertiary alicyclic amines) is 1. The van der Waals surface area contributed by atoms with Crippen LogP contribution in [-0.2, 0) is 9.59 Å². The summed E-state index contributed by atoms with van der Waals surface area (Å²) >= 11 is 0. The lowest BCUT2D eigenvalue weighted by atomic mass is 9.85. The Kier molecular flexibility index (Phi) is 4.83. The van der Waals surface area contributed by atoms with E-state index in [1.54, 1.807) is 6.07 Å². The highest BCUT2D eigenvalue weighted by molar-refractivity contribution is 6.06. The number of carbonyl (C=O) groups is 2. The van der Waals surface area contributed by atoms with Gasteiger partial charge in [-0.05, 0) is 43.2 Å². The number of rotatable bonds is 6. The van der Waals surface area contributed by atoms with Crippen LogP contribution in [0.15, 0.2) is 41.4 Å². The monoisotopic (exact) mass is 410 g/mol. The summed E-state index contributed by atoms with van der Waals surface area (Å²) in [6.45, 7) is 3.34. The van der Waals surface area contributed by atoms with Gasteiger partial charge in [-0.15, -0.1) is 0 Å². The third kappa shape index (κ3) is 3.20. The molecule has 1 heterocycles. The summed E-state index contributed by atoms with van der Waals surface area (Å²) in [5.41, 5.74) is 0.730. The van der Waals surface area contributed by atoms with Crippen molar-refractivity contribution in [2.45, 2.75) is 31.7 Å². The zero-order chi connectivity index (χ0) is 20.8. The fourth-order valence-electron chi connectivity index (χ4n) is 5.42. The summed E-state index contributed by atoms with van der Waals surface area (Å²) in [5, 5.41) is 6.55. The van der Waals surface area contributed by atoms with Crippen molar-refractivity contribution >= 4 is 17.8 Å². The van der Waals surface area contributed by atoms with E-state index in [9.17, 15) is 14.0 Å². The third-order valence-corrected chi connectivity index (χ3v) is 6.92. The van der Waals surface area contributed by atoms with Gasteiger partial charge in [-0.2, -0.15) is 0 Å². The number of nitrogens with one attached hydrogen (secondary N) is 2. The maximum absolute atomic E-state index is 14.0. The van der Waals surface area contributed by atoms with Gasteiger partial charge in [0.05, 0.1) is 18.4 Å². The van der Waals surface area contributed by atoms with Crippen molar-refractivity contribution in [2.24, 2.45) is 28.7 Å². The lowest BCUT2D eigenvalue weighted by molar-refractivity contribution is -0.140. The lowest BCUT2D eigenvalue weighted by Gasteiger charge is -2.17. The number of imide groups is 1. The zero-order valence-electron chi connectivity index (χ0n) is 17.1. The van der Waals surface area contributed by atoms with E-state index in [1.165, 1.54) is 11.0 Å². The summed E-state index contributed by atoms with van der Waals surface area (Å²) in [7, 11) is 0. The number of guanidine groups is 1. The van der Waals surface area contributed by atoms with Crippen molar-refractivity contribution in [3.63, 3.8) is 0 Å². The molecule has 2 N–H and O–H groups in total. The van der Waals surface area contributed by atoms with Gasteiger partial charge in [0.1, 0.15) is 5.82 Å². The van der Waals surface area contributed by atoms with Crippen LogP contribution in [0.1, 0.15) is 31.2 Å². The molecule has 7 heteroatoms. The number of carbonyl (C=O) groups excluding carboxylic acids is 2. The Balaban J connectivity index is 1.19. The van der Waals surface area contributed by atoms with Crippen molar-refractivity contribution in [3.05, 3.63) is 47.8 Å². The number of hydrogen-bond donors (Lipinski definition) is 2. The van der Waals surface area contributed by atoms with E-state index < -0.39 is 0 Å². The van der Waals surface area contributed by atoms with Gasteiger partial charge in [0.2, 0.25) is 11.8 Å². The minimum absolute atomic E-state index is 0.0307. The highest BCUT2D eigenvalue weighted by Crippen LogP contribution is 2.52. The minimum Gasteiger partial charge on any atom is -0.357 e. The van der Waals surface area contributed by atoms with Crippen LogP contribution in [0, 0.1) is 29.5 Å². The predicted molar refractivity (Wildman–Crippen MR) is 111 cm³/mol. The minimum atomic E-state index is -0.172. The molecule has 1 aromatic rings. The van der Waals surface area contributed by atoms with E-state index in [4.69, 9.17) is 0 Å². The molecule has 3 aliphatic carbocycles. The highest BCUT2D eigenvalue weighted by atomic mass is 19.1. The second-order valence-electron chi connectivity index (χ2n) is 8.70. The molecule has 1 saturated heterocycles. The molecule has 6 unspecified atom stereocenters. The summed E-state index contributed by atoms with van der Waals surface area (Å²) in [6.07, 6.45) is 6.01. The molecule has 1 aromatic carbocycles. The largest absolute Gasteiger partial charge is 0.357 e. The highest BCUT2D eigenvalue weighted by Gasteiger charge is 2.58. The van der Waals surface area contributed by atoms with Gasteiger partial charge in [-0.25, -0.2) is 4.39 Å². The standard InChI is InChI=1S/C23H27FN4O2/c1-2-25-23(27-18-12-16(18)15-5-3-4-6-17(15)24)26-9-10-28-21(29)19-13-7-8-14(11-13)20(19)22(28)30/h3-8,13-14,16,18-20H,2,9-12H2,1H3,(H2,25,26,27). The van der Waals surface area contributed by atoms with Crippen LogP contribution in [0.3, 0.4) is 0 Å². The molecule has 6 atom stereocenters. The van der Waals surface area contributed by atoms with Crippen molar-refractivity contribution in [1.82, 2.24) is 15.5 Å². The number of amides is 2. The molecule has 1 aliphatic heterocycles. The number of fused-ring (bicyclic) bond motifs is 5. The van der Waals surface area contributed by atoms with Gasteiger partial charge in [0, 0.05) is 25.0 Å². The molecule has 2 amide bonds. The maximum atomic E-state index is 14.0. The lowest BCUT2D eigenvalue weighted by Crippen LogP contribution is -2.40. The van der Waals surface area contributed by atoms with Gasteiger partial charge in [0.15, 0.2) is 5.96 Å². The number of allylic oxidation sites excluding steroid dienone is 2. The van der Waals surface area contributed by atoms with E-state index in [0.29, 0.717) is 25.6 Å². The molecule has 3 fully saturated rings. The molecule has 30 heavy (non-hydrogen) atoms. The fourth-order valence-corrected chi connectivity index (χ4v) is 5.42. The zero-order valence-corrected chi connectivity index (χ0v) is 17.1. The average Bonchev–Trinajstić information content (AvgIpc) is 3.07. The number of halogens is 1. The topological polar surface area (TPSA) is 73.8 Å². The summed E-state index contributed by atoms with van der Waals surface area (Å²) in [4.78, 5) is 31.5. The summed E-state index contributed by atoms with van der Waals surface area (Å²) in [6, 6.07) is 7.01. The molecular formula is C23H27FN4O2. The van der Waals surface area contributed by atoms with E-state index >= 15 is 0 Å². The first-order valence-corrected chi connectivity index (χ1v) is 10.9.